The van der Waals surface area contributed by atoms with Gasteiger partial charge in [0, 0.05) is 15.6 Å². The van der Waals surface area contributed by atoms with Crippen molar-refractivity contribution in [3.63, 3.8) is 0 Å². The summed E-state index contributed by atoms with van der Waals surface area (Å²) in [5, 5.41) is 11.9. The van der Waals surface area contributed by atoms with Gasteiger partial charge in [0.15, 0.2) is 12.4 Å². The maximum Gasteiger partial charge on any atom is 0.405 e. The molecule has 1 aromatic heterocycles. The Morgan fingerprint density at radius 1 is 1.47 bits per heavy atom. The summed E-state index contributed by atoms with van der Waals surface area (Å²) in [4.78, 5) is 12.2. The average Bonchev–Trinajstić information content (AvgIpc) is 2.80. The zero-order chi connectivity index (χ0) is 13.8. The summed E-state index contributed by atoms with van der Waals surface area (Å²) < 4.78 is 5.01. The molecule has 2 N–H and O–H groups in total. The SMILES string of the molecule is NC(=O)OC(Cn1ncnn1)c1ccc(Cl)cc1Cl. The molecule has 1 aromatic carbocycles. The maximum atomic E-state index is 11.0. The number of carbonyl (C=O) groups excluding carboxylic acids is 1. The second kappa shape index (κ2) is 5.85. The molecule has 2 aromatic rings. The molecule has 1 amide bonds. The number of halogens is 2. The first-order valence-corrected chi connectivity index (χ1v) is 5.93. The summed E-state index contributed by atoms with van der Waals surface area (Å²) in [5.74, 6) is 0. The van der Waals surface area contributed by atoms with Crippen molar-refractivity contribution < 1.29 is 9.53 Å². The van der Waals surface area contributed by atoms with Crippen molar-refractivity contribution >= 4 is 29.3 Å². The molecule has 0 aliphatic rings. The Morgan fingerprint density at radius 2 is 2.26 bits per heavy atom. The molecule has 1 unspecified atom stereocenters. The van der Waals surface area contributed by atoms with Gasteiger partial charge in [0.05, 0.1) is 0 Å². The van der Waals surface area contributed by atoms with Crippen molar-refractivity contribution in [3.8, 4) is 0 Å². The highest BCUT2D eigenvalue weighted by atomic mass is 35.5. The van der Waals surface area contributed by atoms with Crippen LogP contribution in [0, 0.1) is 0 Å². The molecule has 0 bridgehead atoms. The molecule has 19 heavy (non-hydrogen) atoms. The van der Waals surface area contributed by atoms with Gasteiger partial charge in [-0.05, 0) is 17.3 Å². The van der Waals surface area contributed by atoms with E-state index in [1.807, 2.05) is 0 Å². The number of rotatable bonds is 4. The molecular weight excluding hydrogens is 293 g/mol. The quantitative estimate of drug-likeness (QED) is 0.929. The van der Waals surface area contributed by atoms with Crippen LogP contribution in [-0.2, 0) is 11.3 Å². The summed E-state index contributed by atoms with van der Waals surface area (Å²) in [7, 11) is 0. The lowest BCUT2D eigenvalue weighted by Crippen LogP contribution is -2.22. The van der Waals surface area contributed by atoms with Crippen molar-refractivity contribution in [3.05, 3.63) is 40.1 Å². The van der Waals surface area contributed by atoms with E-state index in [9.17, 15) is 4.79 Å². The van der Waals surface area contributed by atoms with E-state index >= 15 is 0 Å². The Hall–Kier alpha value is -1.86. The predicted octanol–water partition coefficient (Wildman–Crippen LogP) is 1.82. The first-order valence-electron chi connectivity index (χ1n) is 5.18. The number of tetrazole rings is 1. The molecule has 7 nitrogen and oxygen atoms in total. The van der Waals surface area contributed by atoms with E-state index in [1.54, 1.807) is 18.2 Å². The van der Waals surface area contributed by atoms with Gasteiger partial charge >= 0.3 is 6.09 Å². The summed E-state index contributed by atoms with van der Waals surface area (Å²) in [5.41, 5.74) is 5.60. The highest BCUT2D eigenvalue weighted by Gasteiger charge is 2.20. The van der Waals surface area contributed by atoms with Crippen LogP contribution in [0.3, 0.4) is 0 Å². The van der Waals surface area contributed by atoms with Crippen LogP contribution in [0.1, 0.15) is 11.7 Å². The van der Waals surface area contributed by atoms with Crippen LogP contribution in [0.4, 0.5) is 4.79 Å². The van der Waals surface area contributed by atoms with Gasteiger partial charge in [0.1, 0.15) is 6.54 Å². The third-order valence-corrected chi connectivity index (χ3v) is 2.85. The molecule has 0 spiro atoms. The third-order valence-electron chi connectivity index (χ3n) is 2.29. The first-order chi connectivity index (χ1) is 9.06. The van der Waals surface area contributed by atoms with Crippen molar-refractivity contribution in [2.24, 2.45) is 5.73 Å². The molecule has 0 aliphatic heterocycles. The summed E-state index contributed by atoms with van der Waals surface area (Å²) in [6.07, 6.45) is -0.377. The van der Waals surface area contributed by atoms with Crippen molar-refractivity contribution in [1.29, 1.82) is 0 Å². The Kier molecular flexibility index (Phi) is 4.18. The van der Waals surface area contributed by atoms with Gasteiger partial charge in [-0.2, -0.15) is 4.80 Å². The Balaban J connectivity index is 2.28. The van der Waals surface area contributed by atoms with E-state index in [2.05, 4.69) is 15.4 Å². The predicted molar refractivity (Wildman–Crippen MR) is 67.7 cm³/mol. The smallest absolute Gasteiger partial charge is 0.405 e. The van der Waals surface area contributed by atoms with Gasteiger partial charge in [-0.3, -0.25) is 0 Å². The molecule has 1 heterocycles. The lowest BCUT2D eigenvalue weighted by molar-refractivity contribution is 0.0901. The fraction of sp³-hybridized carbons (Fsp3) is 0.200. The number of aromatic nitrogens is 4. The van der Waals surface area contributed by atoms with Crippen LogP contribution >= 0.6 is 23.2 Å². The molecule has 9 heteroatoms. The van der Waals surface area contributed by atoms with E-state index in [0.717, 1.165) is 0 Å². The van der Waals surface area contributed by atoms with E-state index in [0.29, 0.717) is 15.6 Å². The molecule has 0 radical (unpaired) electrons. The zero-order valence-corrected chi connectivity index (χ0v) is 11.0. The minimum absolute atomic E-state index is 0.143. The van der Waals surface area contributed by atoms with Crippen LogP contribution in [0.15, 0.2) is 24.5 Å². The molecule has 2 rings (SSSR count). The van der Waals surface area contributed by atoms with E-state index in [4.69, 9.17) is 33.7 Å². The topological polar surface area (TPSA) is 95.9 Å². The number of nitrogens with two attached hydrogens (primary N) is 1. The molecule has 0 aliphatic carbocycles. The number of hydrogen-bond donors (Lipinski definition) is 1. The van der Waals surface area contributed by atoms with E-state index in [1.165, 1.54) is 11.1 Å². The minimum Gasteiger partial charge on any atom is -0.439 e. The number of nitrogens with zero attached hydrogens (tertiary/aromatic N) is 4. The van der Waals surface area contributed by atoms with Gasteiger partial charge in [-0.25, -0.2) is 4.79 Å². The van der Waals surface area contributed by atoms with Crippen LogP contribution in [0.2, 0.25) is 10.0 Å². The molecule has 1 atom stereocenters. The zero-order valence-electron chi connectivity index (χ0n) is 9.53. The van der Waals surface area contributed by atoms with Gasteiger partial charge in [-0.15, -0.1) is 10.2 Å². The van der Waals surface area contributed by atoms with Crippen LogP contribution in [0.5, 0.6) is 0 Å². The van der Waals surface area contributed by atoms with Crippen molar-refractivity contribution in [1.82, 2.24) is 20.2 Å². The number of amides is 1. The number of ether oxygens (including phenoxy) is 1. The molecule has 0 saturated heterocycles. The second-order valence-electron chi connectivity index (χ2n) is 3.58. The average molecular weight is 302 g/mol. The normalized spacial score (nSPS) is 12.1. The molecular formula is C10H9Cl2N5O2. The third kappa shape index (κ3) is 3.55. The van der Waals surface area contributed by atoms with Crippen molar-refractivity contribution in [2.75, 3.05) is 0 Å². The van der Waals surface area contributed by atoms with E-state index in [-0.39, 0.29) is 6.54 Å². The number of carbonyl (C=O) groups is 1. The fourth-order valence-corrected chi connectivity index (χ4v) is 2.05. The number of primary amides is 1. The number of hydrogen-bond acceptors (Lipinski definition) is 5. The summed E-state index contributed by atoms with van der Waals surface area (Å²) >= 11 is 11.9. The Labute approximate surface area is 118 Å². The summed E-state index contributed by atoms with van der Waals surface area (Å²) in [6.45, 7) is 0.143. The molecule has 100 valence electrons. The van der Waals surface area contributed by atoms with Crippen molar-refractivity contribution in [2.45, 2.75) is 12.6 Å². The highest BCUT2D eigenvalue weighted by molar-refractivity contribution is 6.35. The van der Waals surface area contributed by atoms with Gasteiger partial charge < -0.3 is 10.5 Å². The van der Waals surface area contributed by atoms with Gasteiger partial charge in [0.25, 0.3) is 0 Å². The lowest BCUT2D eigenvalue weighted by atomic mass is 10.1. The second-order valence-corrected chi connectivity index (χ2v) is 4.43. The van der Waals surface area contributed by atoms with Gasteiger partial charge in [0.2, 0.25) is 0 Å². The standard InChI is InChI=1S/C10H9Cl2N5O2/c11-6-1-2-7(8(12)3-6)9(19-10(13)18)4-17-15-5-14-16-17/h1-3,5,9H,4H2,(H2,13,18). The minimum atomic E-state index is -0.920. The van der Waals surface area contributed by atoms with E-state index < -0.39 is 12.2 Å². The first kappa shape index (κ1) is 13.6. The lowest BCUT2D eigenvalue weighted by Gasteiger charge is -2.17. The highest BCUT2D eigenvalue weighted by Crippen LogP contribution is 2.29. The van der Waals surface area contributed by atoms with Crippen LogP contribution in [-0.4, -0.2) is 26.3 Å². The number of benzene rings is 1. The van der Waals surface area contributed by atoms with Gasteiger partial charge in [-0.1, -0.05) is 29.3 Å². The Morgan fingerprint density at radius 3 is 2.84 bits per heavy atom. The molecule has 0 fully saturated rings. The maximum absolute atomic E-state index is 11.0. The monoisotopic (exact) mass is 301 g/mol. The fourth-order valence-electron chi connectivity index (χ4n) is 1.52. The van der Waals surface area contributed by atoms with Crippen LogP contribution < -0.4 is 5.73 Å². The Bertz CT molecular complexity index is 575. The van der Waals surface area contributed by atoms with Crippen LogP contribution in [0.25, 0.3) is 0 Å². The summed E-state index contributed by atoms with van der Waals surface area (Å²) in [6, 6.07) is 4.83. The largest absolute Gasteiger partial charge is 0.439 e. The molecule has 0 saturated carbocycles.